The van der Waals surface area contributed by atoms with Crippen molar-refractivity contribution in [2.24, 2.45) is 11.3 Å². The Morgan fingerprint density at radius 3 is 2.39 bits per heavy atom. The van der Waals surface area contributed by atoms with Crippen LogP contribution in [0.3, 0.4) is 0 Å². The van der Waals surface area contributed by atoms with E-state index in [-0.39, 0.29) is 31.9 Å². The number of carbonyl (C=O) groups excluding carboxylic acids is 4. The number of sulfonamides is 1. The summed E-state index contributed by atoms with van der Waals surface area (Å²) in [5.41, 5.74) is 1.67. The zero-order valence-electron chi connectivity index (χ0n) is 33.2. The number of ether oxygens (including phenoxy) is 2. The Morgan fingerprint density at radius 2 is 1.74 bits per heavy atom. The van der Waals surface area contributed by atoms with Gasteiger partial charge in [0.25, 0.3) is 5.91 Å². The minimum absolute atomic E-state index is 0.0168. The predicted octanol–water partition coefficient (Wildman–Crippen LogP) is 4.52. The molecule has 15 nitrogen and oxygen atoms in total. The Kier molecular flexibility index (Phi) is 11.1. The fourth-order valence-electron chi connectivity index (χ4n) is 8.09. The first-order valence-corrected chi connectivity index (χ1v) is 21.5. The van der Waals surface area contributed by atoms with Crippen LogP contribution >= 0.6 is 0 Å². The van der Waals surface area contributed by atoms with Crippen LogP contribution in [0.25, 0.3) is 22.5 Å². The molecule has 306 valence electrons. The summed E-state index contributed by atoms with van der Waals surface area (Å²) in [4.78, 5) is 59.1. The molecule has 3 N–H and O–H groups in total. The van der Waals surface area contributed by atoms with Crippen molar-refractivity contribution in [3.05, 3.63) is 54.1 Å². The minimum atomic E-state index is -3.88. The Morgan fingerprint density at radius 1 is 1.02 bits per heavy atom. The van der Waals surface area contributed by atoms with Gasteiger partial charge in [0.1, 0.15) is 34.8 Å². The second-order valence-corrected chi connectivity index (χ2v) is 18.8. The van der Waals surface area contributed by atoms with Gasteiger partial charge in [0.05, 0.1) is 25.0 Å². The van der Waals surface area contributed by atoms with Crippen molar-refractivity contribution in [1.29, 1.82) is 0 Å². The van der Waals surface area contributed by atoms with E-state index < -0.39 is 68.2 Å². The molecule has 4 amide bonds. The summed E-state index contributed by atoms with van der Waals surface area (Å²) >= 11 is 0. The third-order valence-corrected chi connectivity index (χ3v) is 13.5. The first-order chi connectivity index (χ1) is 27.1. The van der Waals surface area contributed by atoms with Gasteiger partial charge in [-0.25, -0.2) is 13.2 Å². The smallest absolute Gasteiger partial charge is 0.407 e. The van der Waals surface area contributed by atoms with Crippen LogP contribution in [0.2, 0.25) is 0 Å². The topological polar surface area (TPSA) is 191 Å². The fraction of sp³-hybridized carbons (Fsp3) is 0.561. The van der Waals surface area contributed by atoms with Crippen LogP contribution in [0, 0.1) is 11.3 Å². The van der Waals surface area contributed by atoms with Gasteiger partial charge in [-0.15, -0.1) is 0 Å². The molecule has 2 saturated carbocycles. The van der Waals surface area contributed by atoms with Gasteiger partial charge in [0.15, 0.2) is 0 Å². The second kappa shape index (κ2) is 15.7. The molecule has 0 spiro atoms. The molecule has 1 saturated heterocycles. The summed E-state index contributed by atoms with van der Waals surface area (Å²) in [5, 5.41) is 15.1. The molecule has 0 unspecified atom stereocenters. The molecule has 7 rings (SSSR count). The van der Waals surface area contributed by atoms with Crippen molar-refractivity contribution in [1.82, 2.24) is 35.2 Å². The zero-order chi connectivity index (χ0) is 40.7. The van der Waals surface area contributed by atoms with Gasteiger partial charge in [0.2, 0.25) is 21.8 Å². The van der Waals surface area contributed by atoms with Crippen molar-refractivity contribution in [2.45, 2.75) is 114 Å². The lowest BCUT2D eigenvalue weighted by atomic mass is 9.85. The van der Waals surface area contributed by atoms with E-state index in [9.17, 15) is 27.6 Å². The van der Waals surface area contributed by atoms with Crippen molar-refractivity contribution >= 4 is 33.8 Å². The average Bonchev–Trinajstić information content (AvgIpc) is 4.07. The third-order valence-electron chi connectivity index (χ3n) is 11.7. The Balaban J connectivity index is 1.29. The molecule has 3 fully saturated rings. The Hall–Kier alpha value is -4.99. The van der Waals surface area contributed by atoms with Gasteiger partial charge in [-0.2, -0.15) is 15.0 Å². The molecule has 1 aromatic heterocycles. The van der Waals surface area contributed by atoms with Gasteiger partial charge in [-0.1, -0.05) is 64.4 Å². The van der Waals surface area contributed by atoms with Crippen molar-refractivity contribution in [3.63, 3.8) is 0 Å². The van der Waals surface area contributed by atoms with E-state index in [4.69, 9.17) is 19.7 Å². The second-order valence-electron chi connectivity index (χ2n) is 16.8. The van der Waals surface area contributed by atoms with E-state index in [1.807, 2.05) is 70.2 Å². The monoisotopic (exact) mass is 803 g/mol. The maximum Gasteiger partial charge on any atom is 0.407 e. The Bertz CT molecular complexity index is 2130. The number of hydrogen-bond donors (Lipinski definition) is 3. The molecular formula is C41H53N7O8S. The molecular weight excluding hydrogens is 751 g/mol. The zero-order valence-corrected chi connectivity index (χ0v) is 34.1. The van der Waals surface area contributed by atoms with E-state index in [0.29, 0.717) is 37.1 Å². The van der Waals surface area contributed by atoms with Gasteiger partial charge >= 0.3 is 6.09 Å². The minimum Gasteiger partial charge on any atom is -0.496 e. The summed E-state index contributed by atoms with van der Waals surface area (Å²) in [5.74, 6) is -1.42. The van der Waals surface area contributed by atoms with Crippen LogP contribution in [-0.4, -0.2) is 95.3 Å². The van der Waals surface area contributed by atoms with E-state index in [1.54, 1.807) is 11.9 Å². The molecule has 16 heteroatoms. The molecule has 2 aromatic carbocycles. The molecule has 5 atom stereocenters. The molecule has 2 aliphatic carbocycles. The molecule has 2 aliphatic heterocycles. The maximum atomic E-state index is 14.7. The van der Waals surface area contributed by atoms with E-state index in [2.05, 4.69) is 21.4 Å². The summed E-state index contributed by atoms with van der Waals surface area (Å²) in [7, 11) is -2.24. The number of benzene rings is 2. The first-order valence-electron chi connectivity index (χ1n) is 20.0. The molecule has 3 aromatic rings. The van der Waals surface area contributed by atoms with Crippen molar-refractivity contribution < 1.29 is 37.1 Å². The number of hydrogen-bond acceptors (Lipinski definition) is 10. The number of alkyl carbamates (subject to hydrolysis) is 1. The van der Waals surface area contributed by atoms with Crippen LogP contribution in [0.1, 0.15) is 90.7 Å². The first kappa shape index (κ1) is 40.2. The lowest BCUT2D eigenvalue weighted by Crippen LogP contribution is -2.60. The predicted molar refractivity (Wildman–Crippen MR) is 211 cm³/mol. The number of amides is 4. The standard InChI is InChI=1S/C41H53N7O8S/c1-6-28-23-41(28,38(51)46-57(53,54)30-17-18-30)43-36(49)31-22-29-24-47(31)37(50)35(40(2,3)4)42-39(52)56-20-12-8-11-15-26-21-27(16-19-32(26)55-5)34-33(44-48(29)45-34)25-13-9-7-10-14-25/h7,9-10,13-14,16,19,21,28-31,35H,6,8,11-12,15,17-18,20,22-24H2,1-5H3,(H,42,52)(H,43,49)(H,46,51)/t28-,29-,31+,35-,41-/m1/s1. The quantitative estimate of drug-likeness (QED) is 0.292. The van der Waals surface area contributed by atoms with Crippen LogP contribution < -0.4 is 20.1 Å². The van der Waals surface area contributed by atoms with Crippen LogP contribution in [-0.2, 0) is 35.6 Å². The number of aromatic nitrogens is 3. The molecule has 4 aliphatic rings. The number of methoxy groups -OCH3 is 1. The van der Waals surface area contributed by atoms with Crippen molar-refractivity contribution in [3.8, 4) is 28.3 Å². The number of nitrogens with zero attached hydrogens (tertiary/aromatic N) is 4. The fourth-order valence-corrected chi connectivity index (χ4v) is 9.46. The largest absolute Gasteiger partial charge is 0.496 e. The number of cyclic esters (lactones) is 1. The normalized spacial score (nSPS) is 25.6. The highest BCUT2D eigenvalue weighted by molar-refractivity contribution is 7.91. The highest BCUT2D eigenvalue weighted by atomic mass is 32.2. The third kappa shape index (κ3) is 8.37. The van der Waals surface area contributed by atoms with Crippen LogP contribution in [0.15, 0.2) is 48.5 Å². The molecule has 0 radical (unpaired) electrons. The highest BCUT2D eigenvalue weighted by Gasteiger charge is 2.62. The van der Waals surface area contributed by atoms with Crippen molar-refractivity contribution in [2.75, 3.05) is 20.3 Å². The van der Waals surface area contributed by atoms with Gasteiger partial charge in [0, 0.05) is 24.1 Å². The van der Waals surface area contributed by atoms with Crippen LogP contribution in [0.5, 0.6) is 5.75 Å². The number of fused-ring (bicyclic) bond motifs is 8. The number of rotatable bonds is 8. The summed E-state index contributed by atoms with van der Waals surface area (Å²) in [6.45, 7) is 7.51. The SMILES string of the molecule is CC[C@@H]1C[C@]1(NC(=O)[C@@H]1C[C@@H]2CN1C(=O)[C@H](C(C)(C)C)NC(=O)OCCCCCc1cc(ccc1OC)-c1nn2nc1-c1ccccc1)C(=O)NS(=O)(=O)C1CC1. The highest BCUT2D eigenvalue weighted by Crippen LogP contribution is 2.47. The molecule has 3 heterocycles. The Labute approximate surface area is 333 Å². The average molecular weight is 804 g/mol. The summed E-state index contributed by atoms with van der Waals surface area (Å²) in [6, 6.07) is 12.8. The van der Waals surface area contributed by atoms with Gasteiger partial charge in [-0.05, 0) is 80.0 Å². The maximum absolute atomic E-state index is 14.7. The van der Waals surface area contributed by atoms with Gasteiger partial charge < -0.3 is 25.0 Å². The van der Waals surface area contributed by atoms with E-state index in [1.165, 1.54) is 4.90 Å². The summed E-state index contributed by atoms with van der Waals surface area (Å²) < 4.78 is 39.1. The summed E-state index contributed by atoms with van der Waals surface area (Å²) in [6.07, 6.45) is 4.03. The molecule has 57 heavy (non-hydrogen) atoms. The van der Waals surface area contributed by atoms with E-state index in [0.717, 1.165) is 41.7 Å². The van der Waals surface area contributed by atoms with E-state index >= 15 is 0 Å². The number of carbonyl (C=O) groups is 4. The lowest BCUT2D eigenvalue weighted by Gasteiger charge is -2.35. The van der Waals surface area contributed by atoms with Gasteiger partial charge in [-0.3, -0.25) is 19.1 Å². The number of nitrogens with one attached hydrogen (secondary N) is 3. The lowest BCUT2D eigenvalue weighted by molar-refractivity contribution is -0.142. The van der Waals surface area contributed by atoms with Crippen LogP contribution in [0.4, 0.5) is 4.79 Å². The number of aryl methyl sites for hydroxylation is 1. The molecule has 6 bridgehead atoms.